The third kappa shape index (κ3) is 4.17. The maximum Gasteiger partial charge on any atom is 0.324 e. The van der Waals surface area contributed by atoms with Gasteiger partial charge in [0.05, 0.1) is 0 Å². The van der Waals surface area contributed by atoms with Crippen molar-refractivity contribution in [3.63, 3.8) is 0 Å². The van der Waals surface area contributed by atoms with Crippen LogP contribution in [0.25, 0.3) is 16.9 Å². The van der Waals surface area contributed by atoms with E-state index < -0.39 is 0 Å². The first-order chi connectivity index (χ1) is 15.0. The second-order valence-electron chi connectivity index (χ2n) is 8.30. The summed E-state index contributed by atoms with van der Waals surface area (Å²) in [5, 5.41) is 6.20. The zero-order valence-electron chi connectivity index (χ0n) is 18.4. The Balaban J connectivity index is 1.72. The first-order valence-electron chi connectivity index (χ1n) is 10.7. The van der Waals surface area contributed by atoms with Crippen LogP contribution in [0.1, 0.15) is 50.7 Å². The van der Waals surface area contributed by atoms with E-state index in [4.69, 9.17) is 4.98 Å². The van der Waals surface area contributed by atoms with E-state index in [9.17, 15) is 4.79 Å². The van der Waals surface area contributed by atoms with Crippen molar-refractivity contribution in [2.24, 2.45) is 0 Å². The molecule has 4 rings (SSSR count). The molecule has 5 nitrogen and oxygen atoms in total. The molecule has 2 N–H and O–H groups in total. The van der Waals surface area contributed by atoms with Crippen LogP contribution >= 0.6 is 0 Å². The van der Waals surface area contributed by atoms with Crippen LogP contribution in [0, 0.1) is 0 Å². The van der Waals surface area contributed by atoms with Gasteiger partial charge in [0.15, 0.2) is 0 Å². The fourth-order valence-electron chi connectivity index (χ4n) is 3.86. The Bertz CT molecular complexity index is 1180. The lowest BCUT2D eigenvalue weighted by Crippen LogP contribution is -2.23. The highest BCUT2D eigenvalue weighted by atomic mass is 16.2. The van der Waals surface area contributed by atoms with E-state index in [1.165, 1.54) is 0 Å². The molecule has 0 bridgehead atoms. The normalized spacial score (nSPS) is 11.3. The zero-order chi connectivity index (χ0) is 22.0. The minimum absolute atomic E-state index is 0.280. The van der Waals surface area contributed by atoms with Crippen LogP contribution in [0.2, 0.25) is 0 Å². The number of benzene rings is 2. The third-order valence-corrected chi connectivity index (χ3v) is 5.42. The van der Waals surface area contributed by atoms with Crippen LogP contribution < -0.4 is 10.6 Å². The minimum Gasteiger partial charge on any atom is -0.307 e. The van der Waals surface area contributed by atoms with Gasteiger partial charge in [-0.05, 0) is 35.1 Å². The van der Waals surface area contributed by atoms with Crippen LogP contribution in [0.4, 0.5) is 16.3 Å². The van der Waals surface area contributed by atoms with Crippen molar-refractivity contribution < 1.29 is 4.79 Å². The van der Waals surface area contributed by atoms with Gasteiger partial charge in [0.2, 0.25) is 0 Å². The number of anilines is 2. The SMILES string of the molecule is CC(C)c1cccc(C(C)C)c1NC(=O)Nc1c(-c2ccccc2)nc2ccccn12. The van der Waals surface area contributed by atoms with E-state index in [1.54, 1.807) is 0 Å². The van der Waals surface area contributed by atoms with Crippen molar-refractivity contribution in [2.45, 2.75) is 39.5 Å². The highest BCUT2D eigenvalue weighted by Crippen LogP contribution is 2.33. The van der Waals surface area contributed by atoms with Crippen molar-refractivity contribution >= 4 is 23.2 Å². The van der Waals surface area contributed by atoms with Crippen LogP contribution in [-0.2, 0) is 0 Å². The first-order valence-corrected chi connectivity index (χ1v) is 10.7. The Labute approximate surface area is 183 Å². The predicted molar refractivity (Wildman–Crippen MR) is 128 cm³/mol. The molecule has 158 valence electrons. The number of nitrogens with one attached hydrogen (secondary N) is 2. The summed E-state index contributed by atoms with van der Waals surface area (Å²) in [5.74, 6) is 1.24. The number of nitrogens with zero attached hydrogens (tertiary/aromatic N) is 2. The quantitative estimate of drug-likeness (QED) is 0.375. The fourth-order valence-corrected chi connectivity index (χ4v) is 3.86. The number of urea groups is 1. The summed E-state index contributed by atoms with van der Waals surface area (Å²) in [6.45, 7) is 8.56. The molecule has 0 spiro atoms. The van der Waals surface area contributed by atoms with Gasteiger partial charge in [-0.1, -0.05) is 82.3 Å². The molecule has 0 unspecified atom stereocenters. The molecule has 0 aliphatic rings. The highest BCUT2D eigenvalue weighted by molar-refractivity contribution is 6.02. The smallest absolute Gasteiger partial charge is 0.307 e. The number of aromatic nitrogens is 2. The van der Waals surface area contributed by atoms with E-state index in [1.807, 2.05) is 59.1 Å². The summed E-state index contributed by atoms with van der Waals surface area (Å²) < 4.78 is 1.90. The van der Waals surface area contributed by atoms with Gasteiger partial charge in [0.1, 0.15) is 17.2 Å². The van der Waals surface area contributed by atoms with Gasteiger partial charge in [-0.3, -0.25) is 9.72 Å². The van der Waals surface area contributed by atoms with Gasteiger partial charge in [-0.25, -0.2) is 9.78 Å². The molecule has 0 saturated heterocycles. The van der Waals surface area contributed by atoms with E-state index in [0.717, 1.165) is 33.7 Å². The fraction of sp³-hybridized carbons (Fsp3) is 0.231. The molecule has 0 fully saturated rings. The van der Waals surface area contributed by atoms with Crippen LogP contribution in [0.5, 0.6) is 0 Å². The average Bonchev–Trinajstić information content (AvgIpc) is 3.12. The summed E-state index contributed by atoms with van der Waals surface area (Å²) in [6.07, 6.45) is 1.91. The molecule has 0 atom stereocenters. The van der Waals surface area contributed by atoms with Gasteiger partial charge in [-0.2, -0.15) is 0 Å². The van der Waals surface area contributed by atoms with Crippen molar-refractivity contribution in [3.05, 3.63) is 84.1 Å². The Morgan fingerprint density at radius 2 is 1.45 bits per heavy atom. The Hall–Kier alpha value is -3.60. The topological polar surface area (TPSA) is 58.4 Å². The van der Waals surface area contributed by atoms with Crippen LogP contribution in [0.15, 0.2) is 72.9 Å². The number of fused-ring (bicyclic) bond motifs is 1. The average molecular weight is 413 g/mol. The lowest BCUT2D eigenvalue weighted by molar-refractivity contribution is 0.262. The van der Waals surface area contributed by atoms with Crippen LogP contribution in [0.3, 0.4) is 0 Å². The van der Waals surface area contributed by atoms with E-state index in [0.29, 0.717) is 17.7 Å². The summed E-state index contributed by atoms with van der Waals surface area (Å²) in [6, 6.07) is 21.6. The molecule has 31 heavy (non-hydrogen) atoms. The first kappa shape index (κ1) is 20.7. The van der Waals surface area contributed by atoms with Crippen molar-refractivity contribution in [3.8, 4) is 11.3 Å². The number of rotatable bonds is 5. The summed E-state index contributed by atoms with van der Waals surface area (Å²) >= 11 is 0. The maximum atomic E-state index is 13.2. The lowest BCUT2D eigenvalue weighted by Gasteiger charge is -2.20. The van der Waals surface area contributed by atoms with Gasteiger partial charge in [0.25, 0.3) is 0 Å². The second-order valence-corrected chi connectivity index (χ2v) is 8.30. The Morgan fingerprint density at radius 1 is 0.806 bits per heavy atom. The number of hydrogen-bond donors (Lipinski definition) is 2. The number of para-hydroxylation sites is 1. The molecule has 2 aromatic heterocycles. The predicted octanol–water partition coefficient (Wildman–Crippen LogP) is 6.89. The summed E-state index contributed by atoms with van der Waals surface area (Å²) in [4.78, 5) is 17.9. The number of carbonyl (C=O) groups excluding carboxylic acids is 1. The van der Waals surface area contributed by atoms with Gasteiger partial charge in [-0.15, -0.1) is 0 Å². The van der Waals surface area contributed by atoms with Gasteiger partial charge < -0.3 is 5.32 Å². The Morgan fingerprint density at radius 3 is 2.10 bits per heavy atom. The zero-order valence-corrected chi connectivity index (χ0v) is 18.4. The molecule has 2 amide bonds. The molecule has 2 aromatic carbocycles. The molecule has 0 radical (unpaired) electrons. The number of pyridine rings is 1. The number of carbonyl (C=O) groups is 1. The second kappa shape index (κ2) is 8.64. The molecule has 4 aromatic rings. The summed E-state index contributed by atoms with van der Waals surface area (Å²) in [7, 11) is 0. The Kier molecular flexibility index (Phi) is 5.76. The third-order valence-electron chi connectivity index (χ3n) is 5.42. The van der Waals surface area contributed by atoms with Crippen molar-refractivity contribution in [2.75, 3.05) is 10.6 Å². The largest absolute Gasteiger partial charge is 0.324 e. The van der Waals surface area contributed by atoms with E-state index >= 15 is 0 Å². The molecule has 2 heterocycles. The van der Waals surface area contributed by atoms with Crippen molar-refractivity contribution in [1.82, 2.24) is 9.38 Å². The van der Waals surface area contributed by atoms with Crippen molar-refractivity contribution in [1.29, 1.82) is 0 Å². The summed E-state index contributed by atoms with van der Waals surface area (Å²) in [5.41, 5.74) is 5.61. The molecular formula is C26H28N4O. The molecule has 5 heteroatoms. The van der Waals surface area contributed by atoms with Gasteiger partial charge >= 0.3 is 6.03 Å². The maximum absolute atomic E-state index is 13.2. The highest BCUT2D eigenvalue weighted by Gasteiger charge is 2.19. The molecule has 0 aliphatic heterocycles. The standard InChI is InChI=1S/C26H28N4O/c1-17(2)20-13-10-14-21(18(3)4)24(20)28-26(31)29-25-23(19-11-6-5-7-12-19)27-22-15-8-9-16-30(22)25/h5-18H,1-4H3,(H2,28,29,31). The van der Waals surface area contributed by atoms with Crippen LogP contribution in [-0.4, -0.2) is 15.4 Å². The van der Waals surface area contributed by atoms with E-state index in [2.05, 4.69) is 56.5 Å². The molecular weight excluding hydrogens is 384 g/mol. The number of imidazole rings is 1. The lowest BCUT2D eigenvalue weighted by atomic mass is 9.93. The molecule has 0 saturated carbocycles. The molecule has 0 aliphatic carbocycles. The monoisotopic (exact) mass is 412 g/mol. The van der Waals surface area contributed by atoms with E-state index in [-0.39, 0.29) is 6.03 Å². The number of amides is 2. The number of hydrogen-bond acceptors (Lipinski definition) is 2. The minimum atomic E-state index is -0.280. The van der Waals surface area contributed by atoms with Gasteiger partial charge in [0, 0.05) is 17.4 Å².